The Balaban J connectivity index is 2.53. The van der Waals surface area contributed by atoms with Crippen molar-refractivity contribution in [1.29, 1.82) is 0 Å². The average Bonchev–Trinajstić information content (AvgIpc) is 2.81. The van der Waals surface area contributed by atoms with Crippen LogP contribution in [-0.2, 0) is 13.1 Å². The zero-order valence-electron chi connectivity index (χ0n) is 11.5. The summed E-state index contributed by atoms with van der Waals surface area (Å²) in [5, 5.41) is 20.9. The Bertz CT molecular complexity index is 315. The first-order chi connectivity index (χ1) is 8.81. The first kappa shape index (κ1) is 15.0. The fraction of sp³-hybridized carbons (Fsp3) is 0.917. The number of aromatic nitrogens is 4. The van der Waals surface area contributed by atoms with Crippen molar-refractivity contribution in [2.24, 2.45) is 0 Å². The average molecular weight is 255 g/mol. The lowest BCUT2D eigenvalue weighted by atomic mass is 10.3. The summed E-state index contributed by atoms with van der Waals surface area (Å²) in [6.07, 6.45) is 4.52. The molecule has 0 amide bonds. The highest BCUT2D eigenvalue weighted by molar-refractivity contribution is 4.81. The Morgan fingerprint density at radius 2 is 1.94 bits per heavy atom. The second-order valence-electron chi connectivity index (χ2n) is 4.53. The molecule has 0 saturated heterocycles. The van der Waals surface area contributed by atoms with Gasteiger partial charge in [-0.3, -0.25) is 4.90 Å². The van der Waals surface area contributed by atoms with Crippen LogP contribution in [0.15, 0.2) is 0 Å². The molecule has 18 heavy (non-hydrogen) atoms. The van der Waals surface area contributed by atoms with Crippen molar-refractivity contribution in [2.75, 3.05) is 19.7 Å². The van der Waals surface area contributed by atoms with Gasteiger partial charge in [-0.25, -0.2) is 4.68 Å². The molecule has 0 saturated carbocycles. The van der Waals surface area contributed by atoms with E-state index in [-0.39, 0.29) is 6.61 Å². The number of aliphatic hydroxyl groups excluding tert-OH is 1. The number of hydrogen-bond acceptors (Lipinski definition) is 5. The van der Waals surface area contributed by atoms with Gasteiger partial charge >= 0.3 is 0 Å². The molecule has 6 nitrogen and oxygen atoms in total. The van der Waals surface area contributed by atoms with E-state index < -0.39 is 0 Å². The Hall–Kier alpha value is -1.01. The van der Waals surface area contributed by atoms with Crippen molar-refractivity contribution in [1.82, 2.24) is 25.1 Å². The largest absolute Gasteiger partial charge is 0.395 e. The minimum absolute atomic E-state index is 0.181. The molecule has 0 aliphatic carbocycles. The van der Waals surface area contributed by atoms with Crippen LogP contribution in [0.5, 0.6) is 0 Å². The second-order valence-corrected chi connectivity index (χ2v) is 4.53. The normalized spacial score (nSPS) is 11.3. The third-order valence-corrected chi connectivity index (χ3v) is 2.94. The van der Waals surface area contributed by atoms with Crippen molar-refractivity contribution in [3.05, 3.63) is 5.82 Å². The number of aliphatic hydroxyl groups is 1. The van der Waals surface area contributed by atoms with Gasteiger partial charge in [-0.15, -0.1) is 5.10 Å². The summed E-state index contributed by atoms with van der Waals surface area (Å²) in [6.45, 7) is 7.77. The van der Waals surface area contributed by atoms with Gasteiger partial charge in [0, 0.05) is 13.1 Å². The molecule has 1 aromatic heterocycles. The van der Waals surface area contributed by atoms with Gasteiger partial charge in [-0.1, -0.05) is 26.7 Å². The lowest BCUT2D eigenvalue weighted by Crippen LogP contribution is -2.29. The highest BCUT2D eigenvalue weighted by atomic mass is 16.3. The summed E-state index contributed by atoms with van der Waals surface area (Å²) < 4.78 is 1.87. The van der Waals surface area contributed by atoms with E-state index in [0.717, 1.165) is 51.1 Å². The molecule has 1 aromatic rings. The van der Waals surface area contributed by atoms with Gasteiger partial charge in [0.1, 0.15) is 0 Å². The summed E-state index contributed by atoms with van der Waals surface area (Å²) >= 11 is 0. The van der Waals surface area contributed by atoms with Crippen LogP contribution in [0.3, 0.4) is 0 Å². The van der Waals surface area contributed by atoms with Gasteiger partial charge in [0.05, 0.1) is 13.2 Å². The molecule has 0 aliphatic heterocycles. The molecule has 104 valence electrons. The molecule has 1 rings (SSSR count). The van der Waals surface area contributed by atoms with Crippen LogP contribution >= 0.6 is 0 Å². The lowest BCUT2D eigenvalue weighted by molar-refractivity contribution is 0.183. The van der Waals surface area contributed by atoms with Crippen LogP contribution in [0.1, 0.15) is 45.4 Å². The zero-order chi connectivity index (χ0) is 13.2. The Labute approximate surface area is 109 Å². The first-order valence-corrected chi connectivity index (χ1v) is 6.90. The second kappa shape index (κ2) is 8.99. The molecule has 6 heteroatoms. The summed E-state index contributed by atoms with van der Waals surface area (Å²) in [6, 6.07) is 0. The van der Waals surface area contributed by atoms with E-state index in [1.54, 1.807) is 0 Å². The van der Waals surface area contributed by atoms with Crippen LogP contribution < -0.4 is 0 Å². The molecule has 0 fully saturated rings. The predicted octanol–water partition coefficient (Wildman–Crippen LogP) is 1.07. The summed E-state index contributed by atoms with van der Waals surface area (Å²) in [5.74, 6) is 0.896. The number of unbranched alkanes of at least 4 members (excludes halogenated alkanes) is 2. The number of tetrazole rings is 1. The summed E-state index contributed by atoms with van der Waals surface area (Å²) in [4.78, 5) is 2.21. The van der Waals surface area contributed by atoms with E-state index in [1.807, 2.05) is 4.68 Å². The topological polar surface area (TPSA) is 67.1 Å². The number of rotatable bonds is 10. The smallest absolute Gasteiger partial charge is 0.165 e. The maximum Gasteiger partial charge on any atom is 0.165 e. The minimum atomic E-state index is 0.181. The number of aryl methyl sites for hydroxylation is 1. The quantitative estimate of drug-likeness (QED) is 0.677. The van der Waals surface area contributed by atoms with Gasteiger partial charge in [0.2, 0.25) is 0 Å². The van der Waals surface area contributed by atoms with Crippen LogP contribution in [0.2, 0.25) is 0 Å². The third-order valence-electron chi connectivity index (χ3n) is 2.94. The monoisotopic (exact) mass is 255 g/mol. The summed E-state index contributed by atoms with van der Waals surface area (Å²) in [5.41, 5.74) is 0. The van der Waals surface area contributed by atoms with Gasteiger partial charge < -0.3 is 5.11 Å². The first-order valence-electron chi connectivity index (χ1n) is 6.90. The van der Waals surface area contributed by atoms with E-state index in [0.29, 0.717) is 6.54 Å². The molecule has 0 spiro atoms. The van der Waals surface area contributed by atoms with Crippen LogP contribution in [0.25, 0.3) is 0 Å². The highest BCUT2D eigenvalue weighted by Gasteiger charge is 2.11. The van der Waals surface area contributed by atoms with Gasteiger partial charge in [-0.05, 0) is 29.8 Å². The molecule has 0 atom stereocenters. The van der Waals surface area contributed by atoms with Crippen molar-refractivity contribution < 1.29 is 5.11 Å². The van der Waals surface area contributed by atoms with E-state index in [1.165, 1.54) is 0 Å². The molecule has 0 aliphatic rings. The lowest BCUT2D eigenvalue weighted by Gasteiger charge is -2.20. The standard InChI is InChI=1S/C12H25N5O/c1-3-5-7-16(9-10-18)11-12-13-14-15-17(12)8-6-4-2/h18H,3-11H2,1-2H3. The van der Waals surface area contributed by atoms with Crippen LogP contribution in [0.4, 0.5) is 0 Å². The Morgan fingerprint density at radius 3 is 2.61 bits per heavy atom. The molecular formula is C12H25N5O. The fourth-order valence-electron chi connectivity index (χ4n) is 1.81. The fourth-order valence-corrected chi connectivity index (χ4v) is 1.81. The van der Waals surface area contributed by atoms with Crippen molar-refractivity contribution in [3.8, 4) is 0 Å². The van der Waals surface area contributed by atoms with E-state index in [4.69, 9.17) is 5.11 Å². The molecule has 0 aromatic carbocycles. The molecule has 0 bridgehead atoms. The van der Waals surface area contributed by atoms with E-state index >= 15 is 0 Å². The predicted molar refractivity (Wildman–Crippen MR) is 70.0 cm³/mol. The van der Waals surface area contributed by atoms with Crippen LogP contribution in [-0.4, -0.2) is 49.9 Å². The van der Waals surface area contributed by atoms with Gasteiger partial charge in [-0.2, -0.15) is 0 Å². The van der Waals surface area contributed by atoms with Crippen molar-refractivity contribution in [2.45, 2.75) is 52.6 Å². The van der Waals surface area contributed by atoms with Crippen molar-refractivity contribution in [3.63, 3.8) is 0 Å². The molecule has 0 unspecified atom stereocenters. The summed E-state index contributed by atoms with van der Waals surface area (Å²) in [7, 11) is 0. The maximum atomic E-state index is 9.08. The highest BCUT2D eigenvalue weighted by Crippen LogP contribution is 2.03. The zero-order valence-corrected chi connectivity index (χ0v) is 11.5. The Morgan fingerprint density at radius 1 is 1.17 bits per heavy atom. The molecular weight excluding hydrogens is 230 g/mol. The minimum Gasteiger partial charge on any atom is -0.395 e. The number of nitrogens with zero attached hydrogens (tertiary/aromatic N) is 5. The third kappa shape index (κ3) is 5.10. The molecule has 1 N–H and O–H groups in total. The molecule has 0 radical (unpaired) electrons. The maximum absolute atomic E-state index is 9.08. The van der Waals surface area contributed by atoms with Crippen LogP contribution in [0, 0.1) is 0 Å². The molecule has 1 heterocycles. The van der Waals surface area contributed by atoms with E-state index in [2.05, 4.69) is 34.3 Å². The Kier molecular flexibility index (Phi) is 7.52. The van der Waals surface area contributed by atoms with Gasteiger partial charge in [0.15, 0.2) is 5.82 Å². The SMILES string of the molecule is CCCCN(CCO)Cc1nnnn1CCCC. The number of hydrogen-bond donors (Lipinski definition) is 1. The van der Waals surface area contributed by atoms with Gasteiger partial charge in [0.25, 0.3) is 0 Å². The van der Waals surface area contributed by atoms with Crippen molar-refractivity contribution >= 4 is 0 Å². The van der Waals surface area contributed by atoms with E-state index in [9.17, 15) is 0 Å².